The van der Waals surface area contributed by atoms with Gasteiger partial charge in [-0.3, -0.25) is 4.79 Å². The summed E-state index contributed by atoms with van der Waals surface area (Å²) in [4.78, 5) is 28.0. The summed E-state index contributed by atoms with van der Waals surface area (Å²) in [6, 6.07) is 3.24. The van der Waals surface area contributed by atoms with E-state index in [-0.39, 0.29) is 54.1 Å². The number of carbonyl (C=O) groups is 2. The number of ether oxygens (including phenoxy) is 1. The lowest BCUT2D eigenvalue weighted by atomic mass is 9.73. The second-order valence-electron chi connectivity index (χ2n) is 9.82. The second kappa shape index (κ2) is 8.63. The first kappa shape index (κ1) is 24.3. The molecule has 1 aromatic rings. The van der Waals surface area contributed by atoms with Crippen LogP contribution in [0.15, 0.2) is 29.2 Å². The summed E-state index contributed by atoms with van der Waals surface area (Å²) in [5.74, 6) is -0.179. The number of morpholine rings is 1. The van der Waals surface area contributed by atoms with Crippen LogP contribution in [-0.2, 0) is 25.7 Å². The number of likely N-dealkylation sites (tertiary alicyclic amines) is 2. The molecular weight excluding hydrogens is 489 g/mol. The first-order valence-corrected chi connectivity index (χ1v) is 13.0. The molecule has 4 saturated heterocycles. The fraction of sp³-hybridized carbons (Fsp3) is 0.636. The lowest BCUT2D eigenvalue weighted by Gasteiger charge is -2.53. The third-order valence-electron chi connectivity index (χ3n) is 7.53. The van der Waals surface area contributed by atoms with Crippen molar-refractivity contribution in [2.45, 2.75) is 42.5 Å². The van der Waals surface area contributed by atoms with Crippen LogP contribution in [0, 0.1) is 5.41 Å². The summed E-state index contributed by atoms with van der Waals surface area (Å²) >= 11 is 0. The molecule has 9 nitrogen and oxygen atoms in total. The third kappa shape index (κ3) is 4.60. The molecule has 0 saturated carbocycles. The lowest BCUT2D eigenvalue weighted by molar-refractivity contribution is -0.140. The van der Waals surface area contributed by atoms with E-state index in [1.165, 1.54) is 4.31 Å². The standard InChI is InChI=1S/C22H27F3N4O5S/c23-22(24,25)15-1-3-16(4-2-15)35(32,33)29-13-21(14-29)6-9-27(10-7-21)20(31)28-8-5-18-17(11-28)26-19(30)12-34-18/h1-4,17-18H,5-14H2,(H,26,30)/t17-,18+/m1/s1. The van der Waals surface area contributed by atoms with Crippen LogP contribution in [-0.4, -0.2) is 92.5 Å². The Hall–Kier alpha value is -2.38. The Balaban J connectivity index is 1.14. The molecule has 0 aliphatic carbocycles. The molecule has 4 fully saturated rings. The summed E-state index contributed by atoms with van der Waals surface area (Å²) in [5.41, 5.74) is -1.12. The Labute approximate surface area is 201 Å². The van der Waals surface area contributed by atoms with Gasteiger partial charge >= 0.3 is 12.2 Å². The molecule has 192 valence electrons. The van der Waals surface area contributed by atoms with E-state index < -0.39 is 21.8 Å². The van der Waals surface area contributed by atoms with Crippen LogP contribution < -0.4 is 5.32 Å². The van der Waals surface area contributed by atoms with Crippen LogP contribution in [0.2, 0.25) is 0 Å². The highest BCUT2D eigenvalue weighted by atomic mass is 32.2. The molecule has 2 atom stereocenters. The van der Waals surface area contributed by atoms with Crippen molar-refractivity contribution >= 4 is 22.0 Å². The maximum Gasteiger partial charge on any atom is 0.416 e. The van der Waals surface area contributed by atoms with Crippen molar-refractivity contribution in [1.29, 1.82) is 0 Å². The third-order valence-corrected chi connectivity index (χ3v) is 9.34. The van der Waals surface area contributed by atoms with E-state index >= 15 is 0 Å². The van der Waals surface area contributed by atoms with Gasteiger partial charge in [0.05, 0.1) is 22.6 Å². The van der Waals surface area contributed by atoms with Gasteiger partial charge in [-0.2, -0.15) is 17.5 Å². The van der Waals surface area contributed by atoms with Gasteiger partial charge in [0.2, 0.25) is 15.9 Å². The number of urea groups is 1. The average molecular weight is 517 g/mol. The molecule has 4 aliphatic rings. The Morgan fingerprint density at radius 3 is 2.34 bits per heavy atom. The van der Waals surface area contributed by atoms with Gasteiger partial charge in [0, 0.05) is 44.7 Å². The van der Waals surface area contributed by atoms with E-state index in [2.05, 4.69) is 5.32 Å². The van der Waals surface area contributed by atoms with Crippen molar-refractivity contribution in [2.75, 3.05) is 45.9 Å². The van der Waals surface area contributed by atoms with Crippen LogP contribution in [0.1, 0.15) is 24.8 Å². The number of sulfonamides is 1. The number of hydrogen-bond donors (Lipinski definition) is 1. The van der Waals surface area contributed by atoms with E-state index in [0.717, 1.165) is 24.3 Å². The van der Waals surface area contributed by atoms with E-state index in [0.29, 0.717) is 45.4 Å². The number of nitrogens with zero attached hydrogens (tertiary/aromatic N) is 3. The molecule has 0 radical (unpaired) electrons. The molecule has 35 heavy (non-hydrogen) atoms. The number of alkyl halides is 3. The molecule has 1 N–H and O–H groups in total. The van der Waals surface area contributed by atoms with E-state index in [1.54, 1.807) is 9.80 Å². The Kier molecular flexibility index (Phi) is 5.99. The van der Waals surface area contributed by atoms with E-state index in [4.69, 9.17) is 4.74 Å². The van der Waals surface area contributed by atoms with Crippen molar-refractivity contribution in [3.05, 3.63) is 29.8 Å². The van der Waals surface area contributed by atoms with Gasteiger partial charge in [-0.25, -0.2) is 13.2 Å². The summed E-state index contributed by atoms with van der Waals surface area (Å²) in [5, 5.41) is 2.89. The number of nitrogens with one attached hydrogen (secondary N) is 1. The first-order valence-electron chi connectivity index (χ1n) is 11.6. The molecule has 3 amide bonds. The number of rotatable bonds is 2. The Bertz CT molecular complexity index is 1100. The van der Waals surface area contributed by atoms with Gasteiger partial charge in [0.1, 0.15) is 6.61 Å². The normalized spacial score (nSPS) is 27.2. The topological polar surface area (TPSA) is 99.3 Å². The second-order valence-corrected chi connectivity index (χ2v) is 11.8. The van der Waals surface area contributed by atoms with Gasteiger partial charge in [0.15, 0.2) is 0 Å². The van der Waals surface area contributed by atoms with Crippen LogP contribution in [0.5, 0.6) is 0 Å². The minimum absolute atomic E-state index is 0.0505. The zero-order chi connectivity index (χ0) is 25.0. The first-order chi connectivity index (χ1) is 16.5. The fourth-order valence-corrected chi connectivity index (χ4v) is 7.06. The monoisotopic (exact) mass is 516 g/mol. The predicted molar refractivity (Wildman–Crippen MR) is 117 cm³/mol. The largest absolute Gasteiger partial charge is 0.416 e. The molecule has 0 bridgehead atoms. The van der Waals surface area contributed by atoms with Crippen molar-refractivity contribution < 1.29 is 35.9 Å². The number of fused-ring (bicyclic) bond motifs is 1. The fourth-order valence-electron chi connectivity index (χ4n) is 5.40. The minimum Gasteiger partial charge on any atom is -0.366 e. The number of benzene rings is 1. The number of amides is 3. The van der Waals surface area contributed by atoms with E-state index in [9.17, 15) is 31.2 Å². The van der Waals surface area contributed by atoms with Gasteiger partial charge < -0.3 is 19.9 Å². The molecule has 4 heterocycles. The highest BCUT2D eigenvalue weighted by molar-refractivity contribution is 7.89. The van der Waals surface area contributed by atoms with Crippen LogP contribution in [0.25, 0.3) is 0 Å². The smallest absolute Gasteiger partial charge is 0.366 e. The molecule has 1 aromatic carbocycles. The molecule has 13 heteroatoms. The zero-order valence-electron chi connectivity index (χ0n) is 19.0. The molecular formula is C22H27F3N4O5S. The molecule has 1 spiro atoms. The maximum atomic E-state index is 13.0. The SMILES string of the molecule is O=C1CO[C@H]2CCN(C(=O)N3CCC4(CC3)CN(S(=O)(=O)c3ccc(C(F)(F)F)cc3)C4)C[C@H]2N1. The van der Waals surface area contributed by atoms with Crippen molar-refractivity contribution in [3.8, 4) is 0 Å². The highest BCUT2D eigenvalue weighted by Gasteiger charge is 2.50. The summed E-state index contributed by atoms with van der Waals surface area (Å²) < 4.78 is 70.9. The van der Waals surface area contributed by atoms with Crippen molar-refractivity contribution in [3.63, 3.8) is 0 Å². The predicted octanol–water partition coefficient (Wildman–Crippen LogP) is 1.50. The zero-order valence-corrected chi connectivity index (χ0v) is 19.8. The number of piperidine rings is 2. The summed E-state index contributed by atoms with van der Waals surface area (Å²) in [6.07, 6.45) is -2.64. The molecule has 5 rings (SSSR count). The summed E-state index contributed by atoms with van der Waals surface area (Å²) in [6.45, 7) is 2.58. The van der Waals surface area contributed by atoms with E-state index in [1.807, 2.05) is 0 Å². The maximum absolute atomic E-state index is 13.0. The lowest BCUT2D eigenvalue weighted by Crippen LogP contribution is -2.64. The minimum atomic E-state index is -4.53. The Morgan fingerprint density at radius 2 is 1.71 bits per heavy atom. The van der Waals surface area contributed by atoms with Crippen LogP contribution in [0.3, 0.4) is 0 Å². The van der Waals surface area contributed by atoms with Crippen LogP contribution in [0.4, 0.5) is 18.0 Å². The number of halogens is 3. The molecule has 0 aromatic heterocycles. The quantitative estimate of drug-likeness (QED) is 0.643. The van der Waals surface area contributed by atoms with Crippen molar-refractivity contribution in [2.24, 2.45) is 5.41 Å². The summed E-state index contributed by atoms with van der Waals surface area (Å²) in [7, 11) is -3.87. The number of carbonyl (C=O) groups excluding carboxylic acids is 2. The average Bonchev–Trinajstić information content (AvgIpc) is 2.81. The van der Waals surface area contributed by atoms with Gasteiger partial charge in [0.25, 0.3) is 0 Å². The molecule has 0 unspecified atom stereocenters. The van der Waals surface area contributed by atoms with Gasteiger partial charge in [-0.1, -0.05) is 0 Å². The van der Waals surface area contributed by atoms with Crippen LogP contribution >= 0.6 is 0 Å². The number of hydrogen-bond acceptors (Lipinski definition) is 5. The molecule has 4 aliphatic heterocycles. The Morgan fingerprint density at radius 1 is 1.06 bits per heavy atom. The highest BCUT2D eigenvalue weighted by Crippen LogP contribution is 2.43. The van der Waals surface area contributed by atoms with Crippen molar-refractivity contribution in [1.82, 2.24) is 19.4 Å². The van der Waals surface area contributed by atoms with Gasteiger partial charge in [-0.05, 0) is 43.5 Å². The van der Waals surface area contributed by atoms with Gasteiger partial charge in [-0.15, -0.1) is 0 Å².